The predicted octanol–water partition coefficient (Wildman–Crippen LogP) is 25.3. The zero-order valence-corrected chi connectivity index (χ0v) is 62.1. The zero-order valence-electron chi connectivity index (χ0n) is 53.2. The van der Waals surface area contributed by atoms with Crippen molar-refractivity contribution in [1.82, 2.24) is 0 Å². The van der Waals surface area contributed by atoms with Gasteiger partial charge in [-0.25, -0.2) is 0 Å². The van der Waals surface area contributed by atoms with Gasteiger partial charge in [-0.1, -0.05) is 214 Å². The van der Waals surface area contributed by atoms with Crippen LogP contribution >= 0.6 is 68.0 Å². The van der Waals surface area contributed by atoms with Crippen molar-refractivity contribution in [3.8, 4) is 86.2 Å². The summed E-state index contributed by atoms with van der Waals surface area (Å²) in [5, 5.41) is 4.49. The van der Waals surface area contributed by atoms with Gasteiger partial charge in [-0.3, -0.25) is 0 Å². The van der Waals surface area contributed by atoms with Crippen LogP contribution in [0.3, 0.4) is 0 Å². The monoisotopic (exact) mass is 1240 g/mol. The van der Waals surface area contributed by atoms with Gasteiger partial charge in [0.15, 0.2) is 0 Å². The van der Waals surface area contributed by atoms with Gasteiger partial charge in [-0.15, -0.1) is 90.2 Å². The molecule has 7 aromatic rings. The van der Waals surface area contributed by atoms with Crippen LogP contribution in [0, 0.1) is 45.9 Å². The molecule has 6 heterocycles. The SMILES string of the molecule is CC(C)[Si](C#Cc1ccsc1-c1cc2sc(-c3ccc(-c4sc5cc(-c6sccc6C#C[Si](C(C)C)(C(C)C)C(C)C)sc5c4C#C[Si](C(C)C)(C(C)C)C(C)C)cc3)c(C#C[Si](C(C)C)(C(C)C)C(C)C)c2s1)(C(C)C)C(C)C. The summed E-state index contributed by atoms with van der Waals surface area (Å²) in [4.78, 5) is 7.79. The molecule has 80 heavy (non-hydrogen) atoms. The lowest BCUT2D eigenvalue weighted by atomic mass is 10.0. The maximum Gasteiger partial charge on any atom is 0.146 e. The third-order valence-corrected chi connectivity index (χ3v) is 51.3. The van der Waals surface area contributed by atoms with Crippen molar-refractivity contribution >= 4 is 119 Å². The van der Waals surface area contributed by atoms with E-state index in [9.17, 15) is 0 Å². The first kappa shape index (κ1) is 64.6. The average Bonchev–Trinajstić information content (AvgIpc) is 4.27. The van der Waals surface area contributed by atoms with E-state index in [-0.39, 0.29) is 0 Å². The highest BCUT2D eigenvalue weighted by atomic mass is 32.1. The van der Waals surface area contributed by atoms with Gasteiger partial charge in [0.05, 0.1) is 40.0 Å². The lowest BCUT2D eigenvalue weighted by molar-refractivity contribution is 0.838. The smallest absolute Gasteiger partial charge is 0.142 e. The number of benzene rings is 1. The topological polar surface area (TPSA) is 0 Å². The number of hydrogen-bond donors (Lipinski definition) is 0. The molecule has 0 bridgehead atoms. The fourth-order valence-corrected chi connectivity index (χ4v) is 42.9. The van der Waals surface area contributed by atoms with Crippen molar-refractivity contribution in [3.63, 3.8) is 0 Å². The molecule has 0 aliphatic rings. The summed E-state index contributed by atoms with van der Waals surface area (Å²) in [6.07, 6.45) is 0. The summed E-state index contributed by atoms with van der Waals surface area (Å²) < 4.78 is 5.28. The molecule has 426 valence electrons. The van der Waals surface area contributed by atoms with Crippen LogP contribution in [-0.4, -0.2) is 32.3 Å². The van der Waals surface area contributed by atoms with Crippen LogP contribution in [-0.2, 0) is 0 Å². The van der Waals surface area contributed by atoms with Crippen LogP contribution in [0.25, 0.3) is 59.2 Å². The molecule has 6 aromatic heterocycles. The fourth-order valence-electron chi connectivity index (χ4n) is 15.0. The number of thiophene rings is 6. The Morgan fingerprint density at radius 2 is 0.550 bits per heavy atom. The van der Waals surface area contributed by atoms with Crippen LogP contribution in [0.1, 0.15) is 188 Å². The Morgan fingerprint density at radius 3 is 0.800 bits per heavy atom. The molecule has 0 saturated carbocycles. The summed E-state index contributed by atoms with van der Waals surface area (Å²) in [5.74, 6) is 15.8. The Morgan fingerprint density at radius 1 is 0.300 bits per heavy atom. The quantitative estimate of drug-likeness (QED) is 0.0668. The number of rotatable bonds is 16. The molecule has 0 unspecified atom stereocenters. The van der Waals surface area contributed by atoms with E-state index in [0.717, 1.165) is 0 Å². The Kier molecular flexibility index (Phi) is 20.8. The Labute approximate surface area is 514 Å². The lowest BCUT2D eigenvalue weighted by Crippen LogP contribution is -2.43. The first-order valence-electron chi connectivity index (χ1n) is 30.1. The van der Waals surface area contributed by atoms with Crippen molar-refractivity contribution in [1.29, 1.82) is 0 Å². The minimum absolute atomic E-state index is 0.548. The van der Waals surface area contributed by atoms with Gasteiger partial charge in [-0.2, -0.15) is 0 Å². The van der Waals surface area contributed by atoms with E-state index in [1.165, 1.54) is 81.4 Å². The summed E-state index contributed by atoms with van der Waals surface area (Å²) in [5.41, 5.74) is 30.5. The van der Waals surface area contributed by atoms with E-state index in [1.54, 1.807) is 0 Å². The maximum absolute atomic E-state index is 4.18. The molecule has 0 radical (unpaired) electrons. The third kappa shape index (κ3) is 11.8. The van der Waals surface area contributed by atoms with Crippen LogP contribution < -0.4 is 0 Å². The summed E-state index contributed by atoms with van der Waals surface area (Å²) in [6, 6.07) is 19.0. The second-order valence-corrected chi connectivity index (χ2v) is 55.1. The average molecular weight is 1240 g/mol. The van der Waals surface area contributed by atoms with Crippen LogP contribution in [0.5, 0.6) is 0 Å². The maximum atomic E-state index is 4.18. The molecule has 0 aliphatic heterocycles. The summed E-state index contributed by atoms with van der Waals surface area (Å²) in [7, 11) is -7.89. The van der Waals surface area contributed by atoms with E-state index in [0.29, 0.717) is 66.5 Å². The fraction of sp³-hybridized carbons (Fsp3) is 0.514. The predicted molar refractivity (Wildman–Crippen MR) is 382 cm³/mol. The van der Waals surface area contributed by atoms with Gasteiger partial charge in [-0.05, 0) is 113 Å². The second-order valence-electron chi connectivity index (χ2n) is 26.7. The van der Waals surface area contributed by atoms with E-state index >= 15 is 0 Å². The molecule has 0 amide bonds. The first-order chi connectivity index (χ1) is 37.5. The molecule has 0 spiro atoms. The zero-order chi connectivity index (χ0) is 59.1. The van der Waals surface area contributed by atoms with Gasteiger partial charge >= 0.3 is 0 Å². The summed E-state index contributed by atoms with van der Waals surface area (Å²) >= 11 is 11.4. The second kappa shape index (κ2) is 25.7. The van der Waals surface area contributed by atoms with Gasteiger partial charge < -0.3 is 0 Å². The minimum atomic E-state index is -2.05. The van der Waals surface area contributed by atoms with Gasteiger partial charge in [0, 0.05) is 30.3 Å². The molecule has 7 rings (SSSR count). The first-order valence-corrected chi connectivity index (χ1v) is 44.0. The molecule has 0 fully saturated rings. The molecule has 10 heteroatoms. The molecule has 0 saturated heterocycles. The number of hydrogen-bond acceptors (Lipinski definition) is 6. The van der Waals surface area contributed by atoms with Crippen LogP contribution in [0.4, 0.5) is 0 Å². The van der Waals surface area contributed by atoms with Gasteiger partial charge in [0.1, 0.15) is 32.3 Å². The molecule has 0 atom stereocenters. The minimum Gasteiger partial charge on any atom is -0.142 e. The normalized spacial score (nSPS) is 12.9. The highest BCUT2D eigenvalue weighted by molar-refractivity contribution is 7.33. The molecular formula is C70H94S6Si4. The molecular weight excluding hydrogens is 1150 g/mol. The molecule has 1 aromatic carbocycles. The Hall–Kier alpha value is -2.95. The molecule has 0 aliphatic carbocycles. The molecule has 0 N–H and O–H groups in total. The molecule has 0 nitrogen and oxygen atoms in total. The largest absolute Gasteiger partial charge is 0.146 e. The summed E-state index contributed by atoms with van der Waals surface area (Å²) in [6.45, 7) is 58.1. The highest BCUT2D eigenvalue weighted by Crippen LogP contribution is 2.52. The van der Waals surface area contributed by atoms with Crippen molar-refractivity contribution in [2.24, 2.45) is 0 Å². The van der Waals surface area contributed by atoms with E-state index in [4.69, 9.17) is 0 Å². The highest BCUT2D eigenvalue weighted by Gasteiger charge is 2.45. The van der Waals surface area contributed by atoms with Crippen molar-refractivity contribution in [2.45, 2.75) is 233 Å². The van der Waals surface area contributed by atoms with E-state index in [2.05, 4.69) is 271 Å². The van der Waals surface area contributed by atoms with Crippen LogP contribution in [0.2, 0.25) is 66.5 Å². The van der Waals surface area contributed by atoms with Crippen molar-refractivity contribution in [3.05, 3.63) is 81.5 Å². The number of fused-ring (bicyclic) bond motifs is 2. The van der Waals surface area contributed by atoms with Gasteiger partial charge in [0.25, 0.3) is 0 Å². The van der Waals surface area contributed by atoms with Crippen molar-refractivity contribution < 1.29 is 0 Å². The third-order valence-electron chi connectivity index (χ3n) is 19.0. The standard InChI is InChI=1S/C70H94S6Si4/c1-43(2)77(44(3)4,45(5)6)37-31-57-29-35-71-67(57)61-41-63-69(75-61)59(33-39-79(49(13)14,50(15)16)51(17)18)65(73-63)55-25-27-56(28-26-55)66-60(34-40-80(52(19)20,53(21)22)54(23)24)70-64(74-66)42-62(76-70)68-58(30-36-72-68)32-38-78(46(7)8,47(9)10)48(11)12/h25-30,35-36,41-54H,1-24H3. The Balaban J connectivity index is 1.39. The van der Waals surface area contributed by atoms with E-state index < -0.39 is 32.3 Å². The lowest BCUT2D eigenvalue weighted by Gasteiger charge is -2.38. The van der Waals surface area contributed by atoms with Gasteiger partial charge in [0.2, 0.25) is 0 Å². The Bertz CT molecular complexity index is 3210. The van der Waals surface area contributed by atoms with E-state index in [1.807, 2.05) is 68.0 Å². The van der Waals surface area contributed by atoms with Crippen molar-refractivity contribution in [2.75, 3.05) is 0 Å². The van der Waals surface area contributed by atoms with Crippen LogP contribution in [0.15, 0.2) is 59.3 Å².